The van der Waals surface area contributed by atoms with Crippen LogP contribution in [0.3, 0.4) is 0 Å². The van der Waals surface area contributed by atoms with Crippen molar-refractivity contribution in [1.82, 2.24) is 4.31 Å². The molecule has 0 saturated heterocycles. The second kappa shape index (κ2) is 6.77. The van der Waals surface area contributed by atoms with Gasteiger partial charge in [-0.25, -0.2) is 8.42 Å². The molecule has 2 aliphatic rings. The number of allylic oxidation sites excluding steroid dienone is 3. The summed E-state index contributed by atoms with van der Waals surface area (Å²) in [7, 11) is -3.67. The van der Waals surface area contributed by atoms with E-state index in [0.29, 0.717) is 17.0 Å². The van der Waals surface area contributed by atoms with Crippen molar-refractivity contribution >= 4 is 27.1 Å². The first kappa shape index (κ1) is 18.2. The van der Waals surface area contributed by atoms with Gasteiger partial charge in [-0.05, 0) is 72.9 Å². The van der Waals surface area contributed by atoms with E-state index < -0.39 is 10.0 Å². The highest BCUT2D eigenvalue weighted by molar-refractivity contribution is 7.89. The maximum Gasteiger partial charge on any atom is 0.264 e. The SMILES string of the molecule is CC(=O)C1=CC2=C(C1c1ccsc1)N(S(=O)(=O)c1ccc(C)cc1)CCC2. The summed E-state index contributed by atoms with van der Waals surface area (Å²) in [6.45, 7) is 3.93. The molecule has 2 heterocycles. The Morgan fingerprint density at radius 3 is 2.56 bits per heavy atom. The monoisotopic (exact) mass is 399 g/mol. The summed E-state index contributed by atoms with van der Waals surface area (Å²) in [4.78, 5) is 12.6. The lowest BCUT2D eigenvalue weighted by molar-refractivity contribution is -0.113. The van der Waals surface area contributed by atoms with E-state index >= 15 is 0 Å². The normalized spacial score (nSPS) is 19.9. The summed E-state index contributed by atoms with van der Waals surface area (Å²) in [5, 5.41) is 3.97. The zero-order chi connectivity index (χ0) is 19.2. The Hall–Kier alpha value is -2.18. The smallest absolute Gasteiger partial charge is 0.264 e. The molecule has 1 aromatic heterocycles. The number of thiophene rings is 1. The van der Waals surface area contributed by atoms with Gasteiger partial charge < -0.3 is 0 Å². The molecule has 1 atom stereocenters. The number of benzene rings is 1. The molecule has 0 bridgehead atoms. The predicted molar refractivity (Wildman–Crippen MR) is 107 cm³/mol. The van der Waals surface area contributed by atoms with Gasteiger partial charge in [0, 0.05) is 17.8 Å². The zero-order valence-corrected chi connectivity index (χ0v) is 16.9. The average Bonchev–Trinajstić information content (AvgIpc) is 3.28. The quantitative estimate of drug-likeness (QED) is 0.765. The molecule has 140 valence electrons. The summed E-state index contributed by atoms with van der Waals surface area (Å²) in [5.41, 5.74) is 4.41. The summed E-state index contributed by atoms with van der Waals surface area (Å²) < 4.78 is 28.4. The number of carbonyl (C=O) groups is 1. The molecule has 0 spiro atoms. The van der Waals surface area contributed by atoms with E-state index in [-0.39, 0.29) is 11.7 Å². The van der Waals surface area contributed by atoms with Crippen molar-refractivity contribution in [3.05, 3.63) is 75.1 Å². The summed E-state index contributed by atoms with van der Waals surface area (Å²) in [6.07, 6.45) is 3.46. The Balaban J connectivity index is 1.83. The van der Waals surface area contributed by atoms with Crippen LogP contribution in [0.1, 0.15) is 36.8 Å². The molecular formula is C21H21NO3S2. The fourth-order valence-corrected chi connectivity index (χ4v) is 6.16. The summed E-state index contributed by atoms with van der Waals surface area (Å²) >= 11 is 1.56. The van der Waals surface area contributed by atoms with Gasteiger partial charge in [-0.3, -0.25) is 9.10 Å². The van der Waals surface area contributed by atoms with Crippen molar-refractivity contribution in [2.24, 2.45) is 0 Å². The minimum atomic E-state index is -3.67. The fraction of sp³-hybridized carbons (Fsp3) is 0.286. The lowest BCUT2D eigenvalue weighted by Gasteiger charge is -2.34. The topological polar surface area (TPSA) is 54.5 Å². The van der Waals surface area contributed by atoms with Crippen molar-refractivity contribution in [3.63, 3.8) is 0 Å². The Morgan fingerprint density at radius 2 is 1.93 bits per heavy atom. The molecule has 1 aliphatic heterocycles. The molecule has 2 aromatic rings. The van der Waals surface area contributed by atoms with Crippen LogP contribution in [0.2, 0.25) is 0 Å². The second-order valence-electron chi connectivity index (χ2n) is 7.05. The molecule has 0 amide bonds. The molecular weight excluding hydrogens is 378 g/mol. The highest BCUT2D eigenvalue weighted by Gasteiger charge is 2.41. The van der Waals surface area contributed by atoms with Gasteiger partial charge in [-0.1, -0.05) is 17.7 Å². The predicted octanol–water partition coefficient (Wildman–Crippen LogP) is 4.41. The van der Waals surface area contributed by atoms with E-state index in [1.54, 1.807) is 30.4 Å². The van der Waals surface area contributed by atoms with Crippen molar-refractivity contribution in [1.29, 1.82) is 0 Å². The molecule has 6 heteroatoms. The van der Waals surface area contributed by atoms with Gasteiger partial charge in [0.05, 0.1) is 10.8 Å². The first-order valence-electron chi connectivity index (χ1n) is 8.96. The van der Waals surface area contributed by atoms with Crippen LogP contribution in [-0.2, 0) is 14.8 Å². The number of nitrogens with zero attached hydrogens (tertiary/aromatic N) is 1. The van der Waals surface area contributed by atoms with E-state index in [9.17, 15) is 13.2 Å². The van der Waals surface area contributed by atoms with Crippen LogP contribution in [0.4, 0.5) is 0 Å². The van der Waals surface area contributed by atoms with E-state index in [0.717, 1.165) is 35.2 Å². The van der Waals surface area contributed by atoms with Gasteiger partial charge in [-0.2, -0.15) is 11.3 Å². The summed E-state index contributed by atoms with van der Waals surface area (Å²) in [5.74, 6) is -0.308. The third-order valence-electron chi connectivity index (χ3n) is 5.21. The van der Waals surface area contributed by atoms with Crippen molar-refractivity contribution in [2.75, 3.05) is 6.54 Å². The molecule has 1 aliphatic carbocycles. The van der Waals surface area contributed by atoms with Crippen molar-refractivity contribution < 1.29 is 13.2 Å². The van der Waals surface area contributed by atoms with Gasteiger partial charge in [0.15, 0.2) is 5.78 Å². The summed E-state index contributed by atoms with van der Waals surface area (Å²) in [6, 6.07) is 8.93. The van der Waals surface area contributed by atoms with Crippen LogP contribution < -0.4 is 0 Å². The maximum absolute atomic E-state index is 13.4. The van der Waals surface area contributed by atoms with E-state index in [4.69, 9.17) is 0 Å². The number of hydrogen-bond acceptors (Lipinski definition) is 4. The number of aryl methyl sites for hydroxylation is 1. The van der Waals surface area contributed by atoms with Crippen LogP contribution in [0.15, 0.2) is 68.9 Å². The first-order valence-corrected chi connectivity index (χ1v) is 11.3. The van der Waals surface area contributed by atoms with Crippen molar-refractivity contribution in [2.45, 2.75) is 37.5 Å². The largest absolute Gasteiger partial charge is 0.295 e. The molecule has 0 radical (unpaired) electrons. The van der Waals surface area contributed by atoms with E-state index in [1.807, 2.05) is 42.0 Å². The number of ketones is 1. The second-order valence-corrected chi connectivity index (χ2v) is 9.69. The Morgan fingerprint density at radius 1 is 1.19 bits per heavy atom. The standard InChI is InChI=1S/C21H21NO3S2/c1-14-5-7-18(8-6-14)27(24,25)22-10-3-4-16-12-19(15(2)23)20(21(16)22)17-9-11-26-13-17/h5-9,11-13,20H,3-4,10H2,1-2H3. The van der Waals surface area contributed by atoms with Gasteiger partial charge in [-0.15, -0.1) is 0 Å². The van der Waals surface area contributed by atoms with Crippen molar-refractivity contribution in [3.8, 4) is 0 Å². The van der Waals surface area contributed by atoms with E-state index in [1.165, 1.54) is 4.31 Å². The number of hydrogen-bond donors (Lipinski definition) is 0. The van der Waals surface area contributed by atoms with Crippen LogP contribution >= 0.6 is 11.3 Å². The molecule has 4 rings (SSSR count). The van der Waals surface area contributed by atoms with Gasteiger partial charge in [0.25, 0.3) is 10.0 Å². The van der Waals surface area contributed by atoms with E-state index in [2.05, 4.69) is 0 Å². The lowest BCUT2D eigenvalue weighted by Crippen LogP contribution is -2.36. The number of rotatable bonds is 4. The third kappa shape index (κ3) is 3.07. The number of Topliss-reactive ketones (excluding diaryl/α,β-unsaturated/α-hetero) is 1. The Bertz CT molecular complexity index is 1050. The molecule has 0 fully saturated rings. The minimum Gasteiger partial charge on any atom is -0.295 e. The number of carbonyl (C=O) groups excluding carboxylic acids is 1. The molecule has 0 saturated carbocycles. The molecule has 1 aromatic carbocycles. The van der Waals surface area contributed by atoms with Crippen LogP contribution in [0, 0.1) is 6.92 Å². The Labute approximate surface area is 163 Å². The fourth-order valence-electron chi connectivity index (χ4n) is 3.88. The lowest BCUT2D eigenvalue weighted by atomic mass is 9.90. The molecule has 1 unspecified atom stereocenters. The Kier molecular flexibility index (Phi) is 4.56. The van der Waals surface area contributed by atoms with Gasteiger partial charge in [0.2, 0.25) is 0 Å². The number of sulfonamides is 1. The zero-order valence-electron chi connectivity index (χ0n) is 15.3. The molecule has 27 heavy (non-hydrogen) atoms. The average molecular weight is 400 g/mol. The van der Waals surface area contributed by atoms with Crippen LogP contribution in [0.25, 0.3) is 0 Å². The minimum absolute atomic E-state index is 0.00622. The van der Waals surface area contributed by atoms with Gasteiger partial charge in [0.1, 0.15) is 0 Å². The molecule has 4 nitrogen and oxygen atoms in total. The first-order chi connectivity index (χ1) is 12.9. The highest BCUT2D eigenvalue weighted by atomic mass is 32.2. The maximum atomic E-state index is 13.4. The van der Waals surface area contributed by atoms with Crippen LogP contribution in [-0.4, -0.2) is 25.1 Å². The van der Waals surface area contributed by atoms with Gasteiger partial charge >= 0.3 is 0 Å². The van der Waals surface area contributed by atoms with Crippen LogP contribution in [0.5, 0.6) is 0 Å². The third-order valence-corrected chi connectivity index (χ3v) is 7.74. The highest BCUT2D eigenvalue weighted by Crippen LogP contribution is 2.47. The molecule has 0 N–H and O–H groups in total.